The number of nitrogens with one attached hydrogen (secondary N) is 1. The van der Waals surface area contributed by atoms with Gasteiger partial charge in [0.15, 0.2) is 0 Å². The number of amides is 2. The maximum absolute atomic E-state index is 11.6. The van der Waals surface area contributed by atoms with Gasteiger partial charge in [0, 0.05) is 18.0 Å². The second-order valence-corrected chi connectivity index (χ2v) is 6.11. The summed E-state index contributed by atoms with van der Waals surface area (Å²) in [4.78, 5) is 27.4. The number of hydrogen-bond acceptors (Lipinski definition) is 5. The molecule has 2 heterocycles. The number of primary amides is 1. The van der Waals surface area contributed by atoms with Crippen molar-refractivity contribution in [3.63, 3.8) is 0 Å². The normalized spacial score (nSPS) is 19.7. The largest absolute Gasteiger partial charge is 0.496 e. The Morgan fingerprint density at radius 2 is 2.24 bits per heavy atom. The molecular formula is C18H21N3O4. The Kier molecular flexibility index (Phi) is 4.74. The third kappa shape index (κ3) is 3.35. The van der Waals surface area contributed by atoms with Crippen molar-refractivity contribution in [3.8, 4) is 11.6 Å². The van der Waals surface area contributed by atoms with Gasteiger partial charge in [0.2, 0.25) is 11.8 Å². The minimum absolute atomic E-state index is 0.0265. The lowest BCUT2D eigenvalue weighted by Crippen LogP contribution is -2.34. The summed E-state index contributed by atoms with van der Waals surface area (Å²) in [5.74, 6) is 0.566. The van der Waals surface area contributed by atoms with Crippen LogP contribution in [0.15, 0.2) is 24.4 Å². The van der Waals surface area contributed by atoms with E-state index < -0.39 is 5.91 Å². The van der Waals surface area contributed by atoms with Gasteiger partial charge in [0.05, 0.1) is 18.7 Å². The van der Waals surface area contributed by atoms with Crippen LogP contribution in [-0.4, -0.2) is 36.6 Å². The second-order valence-electron chi connectivity index (χ2n) is 6.11. The Labute approximate surface area is 145 Å². The van der Waals surface area contributed by atoms with Gasteiger partial charge in [-0.2, -0.15) is 0 Å². The van der Waals surface area contributed by atoms with Crippen molar-refractivity contribution in [2.24, 2.45) is 11.7 Å². The van der Waals surface area contributed by atoms with Gasteiger partial charge in [0.25, 0.3) is 5.91 Å². The van der Waals surface area contributed by atoms with Gasteiger partial charge in [-0.3, -0.25) is 9.59 Å². The van der Waals surface area contributed by atoms with Crippen LogP contribution in [0.2, 0.25) is 0 Å². The van der Waals surface area contributed by atoms with Crippen LogP contribution in [0.5, 0.6) is 11.6 Å². The third-order valence-electron chi connectivity index (χ3n) is 4.60. The lowest BCUT2D eigenvalue weighted by molar-refractivity contribution is -0.119. The fourth-order valence-electron chi connectivity index (χ4n) is 3.19. The summed E-state index contributed by atoms with van der Waals surface area (Å²) >= 11 is 0. The first-order valence-electron chi connectivity index (χ1n) is 8.22. The number of ether oxygens (including phenoxy) is 2. The molecule has 25 heavy (non-hydrogen) atoms. The zero-order chi connectivity index (χ0) is 18.0. The van der Waals surface area contributed by atoms with Crippen molar-refractivity contribution in [2.45, 2.75) is 25.8 Å². The molecule has 0 saturated carbocycles. The van der Waals surface area contributed by atoms with Crippen molar-refractivity contribution in [2.75, 3.05) is 13.7 Å². The molecule has 1 aliphatic heterocycles. The Morgan fingerprint density at radius 3 is 2.92 bits per heavy atom. The molecule has 3 N–H and O–H groups in total. The van der Waals surface area contributed by atoms with Gasteiger partial charge in [-0.25, -0.2) is 4.98 Å². The van der Waals surface area contributed by atoms with Gasteiger partial charge in [0.1, 0.15) is 12.4 Å². The molecule has 0 aliphatic carbocycles. The van der Waals surface area contributed by atoms with Crippen LogP contribution in [0.3, 0.4) is 0 Å². The van der Waals surface area contributed by atoms with Crippen molar-refractivity contribution >= 4 is 22.6 Å². The summed E-state index contributed by atoms with van der Waals surface area (Å²) in [6.07, 6.45) is 3.05. The molecule has 132 valence electrons. The van der Waals surface area contributed by atoms with Crippen LogP contribution in [0.25, 0.3) is 10.8 Å². The predicted octanol–water partition coefficient (Wildman–Crippen LogP) is 1.64. The Bertz CT molecular complexity index is 821. The highest BCUT2D eigenvalue weighted by atomic mass is 16.5. The highest BCUT2D eigenvalue weighted by Gasteiger charge is 2.31. The number of carbonyl (C=O) groups is 2. The van der Waals surface area contributed by atoms with E-state index in [2.05, 4.69) is 17.2 Å². The summed E-state index contributed by atoms with van der Waals surface area (Å²) in [7, 11) is 1.48. The highest BCUT2D eigenvalue weighted by molar-refractivity contribution is 6.01. The minimum atomic E-state index is -0.558. The first kappa shape index (κ1) is 17.0. The van der Waals surface area contributed by atoms with Crippen LogP contribution < -0.4 is 20.5 Å². The van der Waals surface area contributed by atoms with E-state index in [0.29, 0.717) is 30.2 Å². The Hall–Kier alpha value is -2.83. The van der Waals surface area contributed by atoms with Crippen LogP contribution in [0.4, 0.5) is 0 Å². The molecular weight excluding hydrogens is 322 g/mol. The third-order valence-corrected chi connectivity index (χ3v) is 4.60. The molecule has 0 unspecified atom stereocenters. The van der Waals surface area contributed by atoms with E-state index in [-0.39, 0.29) is 17.9 Å². The molecule has 2 atom stereocenters. The van der Waals surface area contributed by atoms with Crippen molar-refractivity contribution < 1.29 is 19.1 Å². The summed E-state index contributed by atoms with van der Waals surface area (Å²) in [5.41, 5.74) is 5.70. The molecule has 1 aliphatic rings. The van der Waals surface area contributed by atoms with E-state index in [1.165, 1.54) is 7.11 Å². The predicted molar refractivity (Wildman–Crippen MR) is 92.6 cm³/mol. The number of nitrogens with zero attached hydrogens (tertiary/aromatic N) is 1. The Balaban J connectivity index is 1.89. The summed E-state index contributed by atoms with van der Waals surface area (Å²) in [6, 6.07) is 5.11. The van der Waals surface area contributed by atoms with Crippen molar-refractivity contribution in [1.29, 1.82) is 0 Å². The average Bonchev–Trinajstić information content (AvgIpc) is 2.98. The fraction of sp³-hybridized carbons (Fsp3) is 0.389. The number of hydrogen-bond donors (Lipinski definition) is 2. The molecule has 1 aromatic heterocycles. The first-order valence-corrected chi connectivity index (χ1v) is 8.22. The summed E-state index contributed by atoms with van der Waals surface area (Å²) in [6.45, 7) is 2.40. The topological polar surface area (TPSA) is 104 Å². The number of rotatable bonds is 6. The number of aromatic nitrogens is 1. The Morgan fingerprint density at radius 1 is 1.44 bits per heavy atom. The van der Waals surface area contributed by atoms with Crippen LogP contribution in [0.1, 0.15) is 30.1 Å². The quantitative estimate of drug-likeness (QED) is 0.830. The fourth-order valence-corrected chi connectivity index (χ4v) is 3.19. The standard InChI is InChI=1S/C18H21N3O4/c1-3-10-7-16(22)21-14(10)9-25-18-12-8-15(24-2)13(17(19)23)6-11(12)4-5-20-18/h4-6,8,10,14H,3,7,9H2,1-2H3,(H2,19,23)(H,21,22)/t10-,14+/m0/s1. The van der Waals surface area contributed by atoms with Gasteiger partial charge in [-0.1, -0.05) is 13.3 Å². The number of fused-ring (bicyclic) bond motifs is 1. The molecule has 1 aromatic carbocycles. The number of carbonyl (C=O) groups excluding carboxylic acids is 2. The molecule has 7 heteroatoms. The zero-order valence-electron chi connectivity index (χ0n) is 14.2. The molecule has 0 radical (unpaired) electrons. The lowest BCUT2D eigenvalue weighted by Gasteiger charge is -2.18. The second kappa shape index (κ2) is 6.96. The summed E-state index contributed by atoms with van der Waals surface area (Å²) in [5, 5.41) is 4.45. The number of pyridine rings is 1. The number of benzene rings is 1. The maximum Gasteiger partial charge on any atom is 0.252 e. The molecule has 2 amide bonds. The maximum atomic E-state index is 11.6. The lowest BCUT2D eigenvalue weighted by atomic mass is 9.98. The van der Waals surface area contributed by atoms with Crippen LogP contribution in [0, 0.1) is 5.92 Å². The van der Waals surface area contributed by atoms with Gasteiger partial charge < -0.3 is 20.5 Å². The molecule has 1 saturated heterocycles. The first-order chi connectivity index (χ1) is 12.0. The van der Waals surface area contributed by atoms with E-state index >= 15 is 0 Å². The molecule has 0 bridgehead atoms. The molecule has 7 nitrogen and oxygen atoms in total. The van der Waals surface area contributed by atoms with E-state index in [1.807, 2.05) is 0 Å². The van der Waals surface area contributed by atoms with Crippen LogP contribution in [-0.2, 0) is 4.79 Å². The van der Waals surface area contributed by atoms with E-state index in [4.69, 9.17) is 15.2 Å². The van der Waals surface area contributed by atoms with Crippen molar-refractivity contribution in [3.05, 3.63) is 30.0 Å². The number of methoxy groups -OCH3 is 1. The van der Waals surface area contributed by atoms with Crippen LogP contribution >= 0.6 is 0 Å². The zero-order valence-corrected chi connectivity index (χ0v) is 14.2. The number of nitrogens with two attached hydrogens (primary N) is 1. The van der Waals surface area contributed by atoms with Gasteiger partial charge in [-0.15, -0.1) is 0 Å². The van der Waals surface area contributed by atoms with E-state index in [1.54, 1.807) is 24.4 Å². The molecule has 0 spiro atoms. The minimum Gasteiger partial charge on any atom is -0.496 e. The average molecular weight is 343 g/mol. The monoisotopic (exact) mass is 343 g/mol. The van der Waals surface area contributed by atoms with Gasteiger partial charge in [-0.05, 0) is 29.5 Å². The highest BCUT2D eigenvalue weighted by Crippen LogP contribution is 2.31. The SMILES string of the molecule is CC[C@H]1CC(=O)N[C@@H]1COc1nccc2cc(C(N)=O)c(OC)cc12. The smallest absolute Gasteiger partial charge is 0.252 e. The molecule has 2 aromatic rings. The molecule has 3 rings (SSSR count). The van der Waals surface area contributed by atoms with E-state index in [9.17, 15) is 9.59 Å². The van der Waals surface area contributed by atoms with Crippen molar-refractivity contribution in [1.82, 2.24) is 10.3 Å². The van der Waals surface area contributed by atoms with E-state index in [0.717, 1.165) is 17.2 Å². The molecule has 1 fully saturated rings. The van der Waals surface area contributed by atoms with Gasteiger partial charge >= 0.3 is 0 Å². The summed E-state index contributed by atoms with van der Waals surface area (Å²) < 4.78 is 11.1.